The van der Waals surface area contributed by atoms with Crippen molar-refractivity contribution in [2.24, 2.45) is 0 Å². The summed E-state index contributed by atoms with van der Waals surface area (Å²) in [6.07, 6.45) is 0. The van der Waals surface area contributed by atoms with Crippen LogP contribution in [-0.2, 0) is 24.4 Å². The van der Waals surface area contributed by atoms with Gasteiger partial charge in [0.2, 0.25) is 12.7 Å². The van der Waals surface area contributed by atoms with Gasteiger partial charge in [0, 0.05) is 6.54 Å². The van der Waals surface area contributed by atoms with Crippen molar-refractivity contribution in [3.8, 4) is 11.5 Å². The molecule has 0 bridgehead atoms. The predicted molar refractivity (Wildman–Crippen MR) is 122 cm³/mol. The highest BCUT2D eigenvalue weighted by molar-refractivity contribution is 5.81. The molecule has 5 rings (SSSR count). The number of rotatable bonds is 6. The van der Waals surface area contributed by atoms with Gasteiger partial charge >= 0.3 is 5.69 Å². The molecule has 34 heavy (non-hydrogen) atoms. The van der Waals surface area contributed by atoms with Crippen LogP contribution < -0.4 is 26.0 Å². The Morgan fingerprint density at radius 3 is 2.47 bits per heavy atom. The Labute approximate surface area is 192 Å². The topological polar surface area (TPSA) is 91.6 Å². The van der Waals surface area contributed by atoms with Crippen molar-refractivity contribution in [3.63, 3.8) is 0 Å². The number of halogens is 1. The van der Waals surface area contributed by atoms with Crippen molar-refractivity contribution in [1.29, 1.82) is 0 Å². The average molecular weight is 461 g/mol. The van der Waals surface area contributed by atoms with E-state index in [1.807, 2.05) is 6.07 Å². The van der Waals surface area contributed by atoms with Gasteiger partial charge in [-0.25, -0.2) is 9.18 Å². The van der Waals surface area contributed by atoms with Crippen LogP contribution in [0.5, 0.6) is 11.5 Å². The van der Waals surface area contributed by atoms with E-state index in [9.17, 15) is 18.8 Å². The fourth-order valence-electron chi connectivity index (χ4n) is 3.89. The van der Waals surface area contributed by atoms with Gasteiger partial charge in [0.25, 0.3) is 5.56 Å². The average Bonchev–Trinajstić information content (AvgIpc) is 3.32. The van der Waals surface area contributed by atoms with E-state index < -0.39 is 23.0 Å². The molecule has 0 spiro atoms. The second kappa shape index (κ2) is 8.86. The van der Waals surface area contributed by atoms with Crippen LogP contribution in [0.15, 0.2) is 76.3 Å². The maximum atomic E-state index is 13.3. The van der Waals surface area contributed by atoms with E-state index in [1.54, 1.807) is 36.4 Å². The van der Waals surface area contributed by atoms with E-state index >= 15 is 0 Å². The van der Waals surface area contributed by atoms with Gasteiger partial charge in [-0.05, 0) is 47.5 Å². The number of amides is 1. The molecule has 1 aromatic heterocycles. The number of para-hydroxylation sites is 1. The molecule has 9 heteroatoms. The van der Waals surface area contributed by atoms with Gasteiger partial charge in [0.15, 0.2) is 11.5 Å². The van der Waals surface area contributed by atoms with Crippen molar-refractivity contribution >= 4 is 16.8 Å². The lowest BCUT2D eigenvalue weighted by Gasteiger charge is -2.14. The van der Waals surface area contributed by atoms with Gasteiger partial charge in [-0.1, -0.05) is 30.3 Å². The summed E-state index contributed by atoms with van der Waals surface area (Å²) >= 11 is 0. The molecule has 0 radical (unpaired) electrons. The molecule has 1 aliphatic rings. The molecule has 1 N–H and O–H groups in total. The second-order valence-corrected chi connectivity index (χ2v) is 7.87. The smallest absolute Gasteiger partial charge is 0.332 e. The van der Waals surface area contributed by atoms with Gasteiger partial charge in [0.1, 0.15) is 12.4 Å². The number of carbonyl (C=O) groups excluding carboxylic acids is 1. The highest BCUT2D eigenvalue weighted by atomic mass is 19.1. The summed E-state index contributed by atoms with van der Waals surface area (Å²) in [6, 6.07) is 17.6. The third kappa shape index (κ3) is 4.15. The maximum Gasteiger partial charge on any atom is 0.332 e. The van der Waals surface area contributed by atoms with E-state index in [-0.39, 0.29) is 26.4 Å². The Balaban J connectivity index is 1.42. The predicted octanol–water partition coefficient (Wildman–Crippen LogP) is 2.40. The lowest BCUT2D eigenvalue weighted by atomic mass is 10.2. The largest absolute Gasteiger partial charge is 0.454 e. The first kappa shape index (κ1) is 21.4. The van der Waals surface area contributed by atoms with Crippen LogP contribution in [-0.4, -0.2) is 21.8 Å². The number of ether oxygens (including phenoxy) is 2. The van der Waals surface area contributed by atoms with E-state index in [1.165, 1.54) is 28.8 Å². The minimum Gasteiger partial charge on any atom is -0.454 e. The van der Waals surface area contributed by atoms with E-state index in [0.29, 0.717) is 28.0 Å². The third-order valence-corrected chi connectivity index (χ3v) is 5.61. The third-order valence-electron chi connectivity index (χ3n) is 5.61. The Kier molecular flexibility index (Phi) is 5.59. The molecule has 8 nitrogen and oxygen atoms in total. The summed E-state index contributed by atoms with van der Waals surface area (Å²) in [4.78, 5) is 39.0. The number of nitrogens with zero attached hydrogens (tertiary/aromatic N) is 2. The molecule has 1 aliphatic heterocycles. The summed E-state index contributed by atoms with van der Waals surface area (Å²) in [5.41, 5.74) is 0.685. The molecule has 0 saturated heterocycles. The number of carbonyl (C=O) groups is 1. The molecule has 0 fully saturated rings. The van der Waals surface area contributed by atoms with Crippen LogP contribution in [0.1, 0.15) is 11.1 Å². The zero-order valence-corrected chi connectivity index (χ0v) is 18.0. The SMILES string of the molecule is O=C(Cn1c(=O)n(Cc2ccc(F)cc2)c(=O)c2ccccc21)NCc1ccc2c(c1)OCO2. The molecule has 1 amide bonds. The first-order valence-corrected chi connectivity index (χ1v) is 10.6. The minimum atomic E-state index is -0.619. The second-order valence-electron chi connectivity index (χ2n) is 7.87. The van der Waals surface area contributed by atoms with E-state index in [4.69, 9.17) is 9.47 Å². The summed E-state index contributed by atoms with van der Waals surface area (Å²) in [6.45, 7) is 0.0847. The Hall–Kier alpha value is -4.40. The summed E-state index contributed by atoms with van der Waals surface area (Å²) < 4.78 is 26.2. The van der Waals surface area contributed by atoms with Gasteiger partial charge in [-0.3, -0.25) is 18.7 Å². The normalized spacial score (nSPS) is 12.1. The highest BCUT2D eigenvalue weighted by Crippen LogP contribution is 2.32. The minimum absolute atomic E-state index is 0.0401. The molecule has 2 heterocycles. The van der Waals surface area contributed by atoms with E-state index in [2.05, 4.69) is 5.32 Å². The van der Waals surface area contributed by atoms with Crippen molar-refractivity contribution in [1.82, 2.24) is 14.5 Å². The van der Waals surface area contributed by atoms with Crippen molar-refractivity contribution in [2.75, 3.05) is 6.79 Å². The molecule has 3 aromatic carbocycles. The maximum absolute atomic E-state index is 13.3. The molecule has 0 aliphatic carbocycles. The molecule has 172 valence electrons. The Bertz CT molecular complexity index is 1510. The van der Waals surface area contributed by atoms with Crippen LogP contribution in [0.4, 0.5) is 4.39 Å². The number of benzene rings is 3. The Morgan fingerprint density at radius 2 is 1.65 bits per heavy atom. The first-order chi connectivity index (χ1) is 16.5. The molecular formula is C25H20FN3O5. The van der Waals surface area contributed by atoms with Gasteiger partial charge in [-0.15, -0.1) is 0 Å². The van der Waals surface area contributed by atoms with Crippen LogP contribution in [0.25, 0.3) is 10.9 Å². The van der Waals surface area contributed by atoms with Crippen molar-refractivity contribution < 1.29 is 18.7 Å². The standard InChI is InChI=1S/C25H20FN3O5/c26-18-8-5-16(6-9-18)13-29-24(31)19-3-1-2-4-20(19)28(25(29)32)14-23(30)27-12-17-7-10-21-22(11-17)34-15-33-21/h1-11H,12-15H2,(H,27,30). The Morgan fingerprint density at radius 1 is 0.912 bits per heavy atom. The van der Waals surface area contributed by atoms with Crippen LogP contribution >= 0.6 is 0 Å². The van der Waals surface area contributed by atoms with Crippen LogP contribution in [0, 0.1) is 5.82 Å². The first-order valence-electron chi connectivity index (χ1n) is 10.6. The van der Waals surface area contributed by atoms with Crippen molar-refractivity contribution in [3.05, 3.63) is 105 Å². The van der Waals surface area contributed by atoms with Gasteiger partial charge in [0.05, 0.1) is 17.4 Å². The fraction of sp³-hybridized carbons (Fsp3) is 0.160. The van der Waals surface area contributed by atoms with Crippen LogP contribution in [0.3, 0.4) is 0 Å². The molecular weight excluding hydrogens is 441 g/mol. The number of nitrogens with one attached hydrogen (secondary N) is 1. The van der Waals surface area contributed by atoms with Crippen molar-refractivity contribution in [2.45, 2.75) is 19.6 Å². The monoisotopic (exact) mass is 461 g/mol. The lowest BCUT2D eigenvalue weighted by Crippen LogP contribution is -2.42. The number of aromatic nitrogens is 2. The lowest BCUT2D eigenvalue weighted by molar-refractivity contribution is -0.121. The summed E-state index contributed by atoms with van der Waals surface area (Å²) in [5.74, 6) is 0.460. The quantitative estimate of drug-likeness (QED) is 0.476. The zero-order chi connectivity index (χ0) is 23.7. The zero-order valence-electron chi connectivity index (χ0n) is 18.0. The molecule has 0 atom stereocenters. The summed E-state index contributed by atoms with van der Waals surface area (Å²) in [5, 5.41) is 3.11. The molecule has 0 unspecified atom stereocenters. The summed E-state index contributed by atoms with van der Waals surface area (Å²) in [7, 11) is 0. The highest BCUT2D eigenvalue weighted by Gasteiger charge is 2.17. The molecule has 4 aromatic rings. The van der Waals surface area contributed by atoms with E-state index in [0.717, 1.165) is 10.1 Å². The number of hydrogen-bond donors (Lipinski definition) is 1. The van der Waals surface area contributed by atoms with Gasteiger partial charge in [-0.2, -0.15) is 0 Å². The fourth-order valence-corrected chi connectivity index (χ4v) is 3.89. The van der Waals surface area contributed by atoms with Crippen LogP contribution in [0.2, 0.25) is 0 Å². The number of fused-ring (bicyclic) bond motifs is 2. The van der Waals surface area contributed by atoms with Gasteiger partial charge < -0.3 is 14.8 Å². The molecule has 0 saturated carbocycles. The number of hydrogen-bond acceptors (Lipinski definition) is 5.